The molecule has 0 saturated heterocycles. The van der Waals surface area contributed by atoms with Crippen molar-refractivity contribution >= 4 is 17.1 Å². The van der Waals surface area contributed by atoms with Crippen LogP contribution in [0.15, 0.2) is 36.4 Å². The second-order valence-electron chi connectivity index (χ2n) is 5.32. The fourth-order valence-electron chi connectivity index (χ4n) is 2.17. The highest BCUT2D eigenvalue weighted by molar-refractivity contribution is 7.17. The highest BCUT2D eigenvalue weighted by Gasteiger charge is 2.13. The Labute approximate surface area is 125 Å². The molecule has 2 nitrogen and oxygen atoms in total. The Bertz CT molecular complexity index is 572. The predicted molar refractivity (Wildman–Crippen MR) is 86.6 cm³/mol. The van der Waals surface area contributed by atoms with E-state index < -0.39 is 0 Å². The Hall–Kier alpha value is -1.45. The Morgan fingerprint density at radius 3 is 2.55 bits per heavy atom. The van der Waals surface area contributed by atoms with E-state index in [1.807, 2.05) is 38.4 Å². The maximum atomic E-state index is 12.2. The number of hydrogen-bond acceptors (Lipinski definition) is 3. The van der Waals surface area contributed by atoms with Crippen molar-refractivity contribution in [2.45, 2.75) is 19.8 Å². The van der Waals surface area contributed by atoms with Crippen LogP contribution in [0, 0.1) is 6.92 Å². The molecular formula is C17H21NOS. The maximum absolute atomic E-state index is 12.2. The fourth-order valence-corrected chi connectivity index (χ4v) is 3.32. The Morgan fingerprint density at radius 1 is 1.20 bits per heavy atom. The molecule has 3 heteroatoms. The summed E-state index contributed by atoms with van der Waals surface area (Å²) >= 11 is 1.62. The molecule has 0 bridgehead atoms. The summed E-state index contributed by atoms with van der Waals surface area (Å²) in [5, 5.41) is 0. The van der Waals surface area contributed by atoms with E-state index in [-0.39, 0.29) is 5.78 Å². The van der Waals surface area contributed by atoms with E-state index in [2.05, 4.69) is 24.0 Å². The van der Waals surface area contributed by atoms with E-state index in [1.165, 1.54) is 16.0 Å². The van der Waals surface area contributed by atoms with E-state index in [0.717, 1.165) is 17.8 Å². The fraction of sp³-hybridized carbons (Fsp3) is 0.353. The van der Waals surface area contributed by atoms with E-state index >= 15 is 0 Å². The first-order chi connectivity index (χ1) is 9.58. The zero-order chi connectivity index (χ0) is 14.5. The van der Waals surface area contributed by atoms with Crippen LogP contribution in [-0.4, -0.2) is 31.3 Å². The van der Waals surface area contributed by atoms with Crippen molar-refractivity contribution in [3.8, 4) is 10.4 Å². The van der Waals surface area contributed by atoms with Crippen molar-refractivity contribution in [1.82, 2.24) is 4.90 Å². The van der Waals surface area contributed by atoms with Gasteiger partial charge in [0.05, 0.1) is 4.88 Å². The summed E-state index contributed by atoms with van der Waals surface area (Å²) < 4.78 is 0. The second-order valence-corrected chi connectivity index (χ2v) is 6.37. The van der Waals surface area contributed by atoms with Gasteiger partial charge in [0.25, 0.3) is 0 Å². The third kappa shape index (κ3) is 3.78. The standard InChI is InChI=1S/C17H21NOS/c1-13-12-16(15(19)10-7-11-18(2)3)20-17(13)14-8-5-4-6-9-14/h4-6,8-9,12H,7,10-11H2,1-3H3. The van der Waals surface area contributed by atoms with Crippen LogP contribution in [0.5, 0.6) is 0 Å². The predicted octanol–water partition coefficient (Wildman–Crippen LogP) is 4.25. The van der Waals surface area contributed by atoms with E-state index in [9.17, 15) is 4.79 Å². The van der Waals surface area contributed by atoms with Crippen molar-refractivity contribution in [2.75, 3.05) is 20.6 Å². The minimum atomic E-state index is 0.266. The van der Waals surface area contributed by atoms with Crippen LogP contribution >= 0.6 is 11.3 Å². The Morgan fingerprint density at radius 2 is 1.90 bits per heavy atom. The second kappa shape index (κ2) is 6.82. The van der Waals surface area contributed by atoms with Gasteiger partial charge in [-0.1, -0.05) is 30.3 Å². The van der Waals surface area contributed by atoms with Gasteiger partial charge in [0.15, 0.2) is 5.78 Å². The summed E-state index contributed by atoms with van der Waals surface area (Å²) in [7, 11) is 4.07. The van der Waals surface area contributed by atoms with Crippen LogP contribution in [0.2, 0.25) is 0 Å². The third-order valence-corrected chi connectivity index (χ3v) is 4.56. The third-order valence-electron chi connectivity index (χ3n) is 3.24. The van der Waals surface area contributed by atoms with Crippen molar-refractivity contribution in [1.29, 1.82) is 0 Å². The smallest absolute Gasteiger partial charge is 0.172 e. The van der Waals surface area contributed by atoms with Gasteiger partial charge in [0, 0.05) is 11.3 Å². The molecule has 1 aromatic carbocycles. The molecule has 0 unspecified atom stereocenters. The first-order valence-corrected chi connectivity index (χ1v) is 7.73. The first kappa shape index (κ1) is 14.9. The molecule has 2 aromatic rings. The summed E-state index contributed by atoms with van der Waals surface area (Å²) in [5.74, 6) is 0.266. The Balaban J connectivity index is 2.09. The molecule has 106 valence electrons. The van der Waals surface area contributed by atoms with Gasteiger partial charge in [-0.05, 0) is 51.2 Å². The van der Waals surface area contributed by atoms with Crippen molar-refractivity contribution in [2.24, 2.45) is 0 Å². The van der Waals surface area contributed by atoms with Gasteiger partial charge in [0.1, 0.15) is 0 Å². The number of aryl methyl sites for hydroxylation is 1. The number of benzene rings is 1. The van der Waals surface area contributed by atoms with Gasteiger partial charge in [0.2, 0.25) is 0 Å². The Kier molecular flexibility index (Phi) is 5.10. The molecule has 0 aliphatic carbocycles. The molecule has 0 aliphatic heterocycles. The van der Waals surface area contributed by atoms with Gasteiger partial charge in [-0.2, -0.15) is 0 Å². The molecule has 0 saturated carbocycles. The maximum Gasteiger partial charge on any atom is 0.172 e. The topological polar surface area (TPSA) is 20.3 Å². The molecule has 0 spiro atoms. The summed E-state index contributed by atoms with van der Waals surface area (Å²) in [4.78, 5) is 16.4. The quantitative estimate of drug-likeness (QED) is 0.740. The highest BCUT2D eigenvalue weighted by Crippen LogP contribution is 2.32. The van der Waals surface area contributed by atoms with Gasteiger partial charge < -0.3 is 4.90 Å². The number of ketones is 1. The van der Waals surface area contributed by atoms with Crippen molar-refractivity contribution in [3.05, 3.63) is 46.8 Å². The molecule has 0 fully saturated rings. The molecule has 1 heterocycles. The van der Waals surface area contributed by atoms with Crippen LogP contribution in [0.4, 0.5) is 0 Å². The van der Waals surface area contributed by atoms with E-state index in [1.54, 1.807) is 11.3 Å². The lowest BCUT2D eigenvalue weighted by atomic mass is 10.1. The van der Waals surface area contributed by atoms with Gasteiger partial charge in [-0.25, -0.2) is 0 Å². The van der Waals surface area contributed by atoms with E-state index in [0.29, 0.717) is 6.42 Å². The zero-order valence-corrected chi connectivity index (χ0v) is 13.2. The number of Topliss-reactive ketones (excluding diaryl/α,β-unsaturated/α-hetero) is 1. The molecule has 2 rings (SSSR count). The molecule has 20 heavy (non-hydrogen) atoms. The minimum Gasteiger partial charge on any atom is -0.309 e. The van der Waals surface area contributed by atoms with Crippen molar-refractivity contribution in [3.63, 3.8) is 0 Å². The summed E-state index contributed by atoms with van der Waals surface area (Å²) in [6.07, 6.45) is 1.55. The number of thiophene rings is 1. The monoisotopic (exact) mass is 287 g/mol. The average Bonchev–Trinajstić information content (AvgIpc) is 2.81. The average molecular weight is 287 g/mol. The first-order valence-electron chi connectivity index (χ1n) is 6.91. The molecule has 0 amide bonds. The SMILES string of the molecule is Cc1cc(C(=O)CCCN(C)C)sc1-c1ccccc1. The largest absolute Gasteiger partial charge is 0.309 e. The molecule has 0 N–H and O–H groups in total. The highest BCUT2D eigenvalue weighted by atomic mass is 32.1. The van der Waals surface area contributed by atoms with Crippen molar-refractivity contribution < 1.29 is 4.79 Å². The number of rotatable bonds is 6. The normalized spacial score (nSPS) is 11.0. The minimum absolute atomic E-state index is 0.266. The lowest BCUT2D eigenvalue weighted by Gasteiger charge is -2.07. The summed E-state index contributed by atoms with van der Waals surface area (Å²) in [6, 6.07) is 12.3. The number of hydrogen-bond donors (Lipinski definition) is 0. The van der Waals surface area contributed by atoms with Crippen LogP contribution in [0.1, 0.15) is 28.1 Å². The van der Waals surface area contributed by atoms with Crippen LogP contribution in [0.25, 0.3) is 10.4 Å². The van der Waals surface area contributed by atoms with E-state index in [4.69, 9.17) is 0 Å². The van der Waals surface area contributed by atoms with Crippen LogP contribution in [0.3, 0.4) is 0 Å². The molecular weight excluding hydrogens is 266 g/mol. The van der Waals surface area contributed by atoms with Crippen LogP contribution in [-0.2, 0) is 0 Å². The lowest BCUT2D eigenvalue weighted by Crippen LogP contribution is -2.14. The molecule has 0 radical (unpaired) electrons. The van der Waals surface area contributed by atoms with Gasteiger partial charge in [-0.15, -0.1) is 11.3 Å². The zero-order valence-electron chi connectivity index (χ0n) is 12.3. The van der Waals surface area contributed by atoms with Gasteiger partial charge in [-0.3, -0.25) is 4.79 Å². The number of nitrogens with zero attached hydrogens (tertiary/aromatic N) is 1. The molecule has 0 atom stereocenters. The molecule has 1 aromatic heterocycles. The van der Waals surface area contributed by atoms with Crippen LogP contribution < -0.4 is 0 Å². The number of carbonyl (C=O) groups excluding carboxylic acids is 1. The number of carbonyl (C=O) groups is 1. The summed E-state index contributed by atoms with van der Waals surface area (Å²) in [5.41, 5.74) is 2.39. The van der Waals surface area contributed by atoms with Gasteiger partial charge >= 0.3 is 0 Å². The molecule has 0 aliphatic rings. The lowest BCUT2D eigenvalue weighted by molar-refractivity contribution is 0.0981. The summed E-state index contributed by atoms with van der Waals surface area (Å²) in [6.45, 7) is 3.04.